The molecule has 0 amide bonds. The van der Waals surface area contributed by atoms with Crippen molar-refractivity contribution < 1.29 is 19.8 Å². The van der Waals surface area contributed by atoms with Gasteiger partial charge in [-0.1, -0.05) is 24.3 Å². The van der Waals surface area contributed by atoms with E-state index in [0.717, 1.165) is 16.8 Å². The molecule has 0 fully saturated rings. The summed E-state index contributed by atoms with van der Waals surface area (Å²) in [5.74, 6) is -2.11. The lowest BCUT2D eigenvalue weighted by atomic mass is 9.87. The van der Waals surface area contributed by atoms with Crippen molar-refractivity contribution in [2.24, 2.45) is 5.73 Å². The minimum atomic E-state index is -1.11. The molecule has 7 heteroatoms. The van der Waals surface area contributed by atoms with Crippen molar-refractivity contribution in [2.45, 2.75) is 12.3 Å². The molecular formula is C24H21N3O4. The molecule has 0 aromatic heterocycles. The van der Waals surface area contributed by atoms with Crippen LogP contribution in [0.4, 0.5) is 5.69 Å². The number of hydrogen-bond acceptors (Lipinski definition) is 4. The molecule has 0 radical (unpaired) electrons. The molecule has 31 heavy (non-hydrogen) atoms. The normalized spacial score (nSPS) is 14.5. The van der Waals surface area contributed by atoms with Crippen molar-refractivity contribution in [3.8, 4) is 11.1 Å². The lowest BCUT2D eigenvalue weighted by molar-refractivity contribution is 0.0682. The van der Waals surface area contributed by atoms with E-state index in [-0.39, 0.29) is 22.9 Å². The average molecular weight is 415 g/mol. The number of benzene rings is 3. The van der Waals surface area contributed by atoms with Crippen LogP contribution in [0.5, 0.6) is 0 Å². The van der Waals surface area contributed by atoms with E-state index in [0.29, 0.717) is 29.7 Å². The number of anilines is 1. The summed E-state index contributed by atoms with van der Waals surface area (Å²) in [4.78, 5) is 23.3. The van der Waals surface area contributed by atoms with Crippen molar-refractivity contribution in [3.05, 3.63) is 88.5 Å². The molecule has 1 aliphatic rings. The monoisotopic (exact) mass is 415 g/mol. The van der Waals surface area contributed by atoms with Crippen molar-refractivity contribution >= 4 is 23.5 Å². The average Bonchev–Trinajstić information content (AvgIpc) is 3.15. The fourth-order valence-electron chi connectivity index (χ4n) is 4.07. The first-order chi connectivity index (χ1) is 14.8. The summed E-state index contributed by atoms with van der Waals surface area (Å²) in [5, 5.41) is 30.1. The molecule has 0 bridgehead atoms. The van der Waals surface area contributed by atoms with Gasteiger partial charge >= 0.3 is 11.9 Å². The molecule has 4 rings (SSSR count). The number of aromatic carboxylic acids is 2. The second kappa shape index (κ2) is 7.95. The number of carboxylic acids is 2. The van der Waals surface area contributed by atoms with Gasteiger partial charge < -0.3 is 21.3 Å². The van der Waals surface area contributed by atoms with E-state index in [2.05, 4.69) is 5.32 Å². The highest BCUT2D eigenvalue weighted by atomic mass is 16.4. The van der Waals surface area contributed by atoms with Gasteiger partial charge in [-0.2, -0.15) is 0 Å². The van der Waals surface area contributed by atoms with Crippen LogP contribution in [0.2, 0.25) is 0 Å². The third kappa shape index (κ3) is 3.85. The van der Waals surface area contributed by atoms with E-state index in [9.17, 15) is 19.8 Å². The Balaban J connectivity index is 1.77. The number of fused-ring (bicyclic) bond motifs is 1. The van der Waals surface area contributed by atoms with E-state index in [1.165, 1.54) is 18.2 Å². The Morgan fingerprint density at radius 2 is 1.71 bits per heavy atom. The van der Waals surface area contributed by atoms with Crippen molar-refractivity contribution in [3.63, 3.8) is 0 Å². The number of carbonyl (C=O) groups is 2. The highest BCUT2D eigenvalue weighted by Crippen LogP contribution is 2.37. The third-order valence-corrected chi connectivity index (χ3v) is 5.61. The zero-order chi connectivity index (χ0) is 22.1. The maximum atomic E-state index is 11.8. The molecule has 3 aromatic carbocycles. The van der Waals surface area contributed by atoms with Gasteiger partial charge in [-0.15, -0.1) is 0 Å². The summed E-state index contributed by atoms with van der Waals surface area (Å²) in [7, 11) is 0. The van der Waals surface area contributed by atoms with E-state index >= 15 is 0 Å². The first-order valence-corrected chi connectivity index (χ1v) is 9.76. The highest BCUT2D eigenvalue weighted by molar-refractivity contribution is 5.99. The van der Waals surface area contributed by atoms with Gasteiger partial charge in [-0.3, -0.25) is 5.41 Å². The van der Waals surface area contributed by atoms with Gasteiger partial charge in [-0.05, 0) is 65.1 Å². The molecular weight excluding hydrogens is 394 g/mol. The number of nitrogens with two attached hydrogens (primary N) is 1. The summed E-state index contributed by atoms with van der Waals surface area (Å²) in [5.41, 5.74) is 10.4. The van der Waals surface area contributed by atoms with Crippen molar-refractivity contribution in [1.29, 1.82) is 5.41 Å². The van der Waals surface area contributed by atoms with Gasteiger partial charge in [0.2, 0.25) is 0 Å². The van der Waals surface area contributed by atoms with Gasteiger partial charge in [0.15, 0.2) is 0 Å². The summed E-state index contributed by atoms with van der Waals surface area (Å²) in [6.07, 6.45) is 0.619. The highest BCUT2D eigenvalue weighted by Gasteiger charge is 2.25. The van der Waals surface area contributed by atoms with Crippen LogP contribution in [0.3, 0.4) is 0 Å². The van der Waals surface area contributed by atoms with Crippen molar-refractivity contribution in [1.82, 2.24) is 0 Å². The second-order valence-corrected chi connectivity index (χ2v) is 7.53. The second-order valence-electron chi connectivity index (χ2n) is 7.53. The van der Waals surface area contributed by atoms with E-state index in [1.807, 2.05) is 36.4 Å². The Labute approximate surface area is 178 Å². The number of nitrogen functional groups attached to an aromatic ring is 1. The molecule has 156 valence electrons. The Morgan fingerprint density at radius 1 is 0.968 bits per heavy atom. The zero-order valence-corrected chi connectivity index (χ0v) is 16.6. The maximum Gasteiger partial charge on any atom is 0.336 e. The lowest BCUT2D eigenvalue weighted by Crippen LogP contribution is -2.12. The first kappa shape index (κ1) is 20.2. The molecule has 0 aliphatic carbocycles. The van der Waals surface area contributed by atoms with Crippen LogP contribution in [-0.2, 0) is 6.42 Å². The number of hydrogen-bond donors (Lipinski definition) is 5. The smallest absolute Gasteiger partial charge is 0.336 e. The van der Waals surface area contributed by atoms with E-state index < -0.39 is 11.9 Å². The van der Waals surface area contributed by atoms with Gasteiger partial charge in [-0.25, -0.2) is 9.59 Å². The van der Waals surface area contributed by atoms with Gasteiger partial charge in [0, 0.05) is 23.7 Å². The standard InChI is InChI=1S/C24H21N3O4/c25-22(26)14-6-8-21-19(10-14)16(12-27-21)9-13-3-1-2-4-17(13)20-11-15(23(28)29)5-7-18(20)24(30)31/h1-8,10-11,16,27H,9,12H2,(H3,25,26)(H,28,29)(H,30,31). The topological polar surface area (TPSA) is 136 Å². The maximum absolute atomic E-state index is 11.8. The quantitative estimate of drug-likeness (QED) is 0.307. The van der Waals surface area contributed by atoms with Crippen LogP contribution in [-0.4, -0.2) is 34.5 Å². The van der Waals surface area contributed by atoms with Crippen LogP contribution in [0.15, 0.2) is 60.7 Å². The fourth-order valence-corrected chi connectivity index (χ4v) is 4.07. The molecule has 1 unspecified atom stereocenters. The van der Waals surface area contributed by atoms with Crippen LogP contribution >= 0.6 is 0 Å². The van der Waals surface area contributed by atoms with Gasteiger partial charge in [0.1, 0.15) is 5.84 Å². The lowest BCUT2D eigenvalue weighted by Gasteiger charge is -2.17. The Morgan fingerprint density at radius 3 is 2.42 bits per heavy atom. The first-order valence-electron chi connectivity index (χ1n) is 9.76. The molecule has 0 saturated heterocycles. The number of nitrogens with one attached hydrogen (secondary N) is 2. The number of rotatable bonds is 6. The van der Waals surface area contributed by atoms with E-state index in [4.69, 9.17) is 11.1 Å². The van der Waals surface area contributed by atoms with E-state index in [1.54, 1.807) is 6.07 Å². The SMILES string of the molecule is N=C(N)c1ccc2c(c1)C(Cc1ccccc1-c1cc(C(=O)O)ccc1C(=O)O)CN2. The van der Waals surface area contributed by atoms with Gasteiger partial charge in [0.25, 0.3) is 0 Å². The summed E-state index contributed by atoms with van der Waals surface area (Å²) >= 11 is 0. The Kier molecular flexibility index (Phi) is 5.17. The molecule has 6 N–H and O–H groups in total. The van der Waals surface area contributed by atoms with Crippen molar-refractivity contribution in [2.75, 3.05) is 11.9 Å². The number of amidine groups is 1. The predicted molar refractivity (Wildman–Crippen MR) is 118 cm³/mol. The minimum absolute atomic E-state index is 0.00503. The summed E-state index contributed by atoms with van der Waals surface area (Å²) < 4.78 is 0. The van der Waals surface area contributed by atoms with Crippen LogP contribution < -0.4 is 11.1 Å². The summed E-state index contributed by atoms with van der Waals surface area (Å²) in [6.45, 7) is 0.700. The zero-order valence-electron chi connectivity index (χ0n) is 16.6. The van der Waals surface area contributed by atoms with Crippen LogP contribution in [0.25, 0.3) is 11.1 Å². The van der Waals surface area contributed by atoms with Gasteiger partial charge in [0.05, 0.1) is 11.1 Å². The largest absolute Gasteiger partial charge is 0.478 e. The molecule has 1 aliphatic heterocycles. The van der Waals surface area contributed by atoms with Crippen LogP contribution in [0, 0.1) is 5.41 Å². The molecule has 0 spiro atoms. The fraction of sp³-hybridized carbons (Fsp3) is 0.125. The Bertz CT molecular complexity index is 1220. The molecule has 1 atom stereocenters. The molecule has 3 aromatic rings. The molecule has 0 saturated carbocycles. The predicted octanol–water partition coefficient (Wildman–Crippen LogP) is 3.79. The van der Waals surface area contributed by atoms with Crippen LogP contribution in [0.1, 0.15) is 43.3 Å². The number of carboxylic acid groups (broad SMARTS) is 2. The Hall–Kier alpha value is -4.13. The third-order valence-electron chi connectivity index (χ3n) is 5.61. The minimum Gasteiger partial charge on any atom is -0.478 e. The molecule has 7 nitrogen and oxygen atoms in total. The molecule has 1 heterocycles. The summed E-state index contributed by atoms with van der Waals surface area (Å²) in [6, 6.07) is 17.1.